The van der Waals surface area contributed by atoms with Crippen molar-refractivity contribution >= 4 is 33.8 Å². The number of carbonyl (C=O) groups is 1. The van der Waals surface area contributed by atoms with Gasteiger partial charge < -0.3 is 9.67 Å². The molecule has 0 saturated carbocycles. The number of aryl methyl sites for hydroxylation is 1. The molecule has 0 fully saturated rings. The molecule has 0 atom stereocenters. The van der Waals surface area contributed by atoms with Crippen LogP contribution in [0.4, 0.5) is 5.69 Å². The third-order valence-corrected chi connectivity index (χ3v) is 4.28. The topological polar surface area (TPSA) is 66.9 Å². The van der Waals surface area contributed by atoms with Crippen LogP contribution in [0.25, 0.3) is 10.9 Å². The number of amides is 1. The molecule has 3 aromatic rings. The summed E-state index contributed by atoms with van der Waals surface area (Å²) in [6.45, 7) is 2.56. The first-order valence-electron chi connectivity index (χ1n) is 6.98. The molecule has 0 bridgehead atoms. The number of fused-ring (bicyclic) bond motifs is 1. The molecule has 0 aliphatic carbocycles. The minimum Gasteiger partial charge on any atom is -0.493 e. The zero-order valence-corrected chi connectivity index (χ0v) is 12.9. The van der Waals surface area contributed by atoms with Crippen molar-refractivity contribution in [3.63, 3.8) is 0 Å². The van der Waals surface area contributed by atoms with E-state index >= 15 is 0 Å². The molecule has 1 aromatic carbocycles. The highest BCUT2D eigenvalue weighted by Crippen LogP contribution is 2.38. The predicted octanol–water partition coefficient (Wildman–Crippen LogP) is 4.28. The number of hydrogen-bond donors (Lipinski definition) is 1. The van der Waals surface area contributed by atoms with E-state index in [1.807, 2.05) is 48.7 Å². The molecule has 0 unspecified atom stereocenters. The van der Waals surface area contributed by atoms with Crippen molar-refractivity contribution in [2.24, 2.45) is 10.2 Å². The Kier molecular flexibility index (Phi) is 4.02. The van der Waals surface area contributed by atoms with Gasteiger partial charge in [0.25, 0.3) is 5.91 Å². The lowest BCUT2D eigenvalue weighted by molar-refractivity contribution is -0.117. The molecule has 3 rings (SSSR count). The maximum atomic E-state index is 11.9. The normalized spacial score (nSPS) is 11.5. The van der Waals surface area contributed by atoms with Gasteiger partial charge in [0.15, 0.2) is 5.69 Å². The third kappa shape index (κ3) is 2.65. The van der Waals surface area contributed by atoms with Crippen LogP contribution in [-0.4, -0.2) is 15.6 Å². The molecule has 5 nitrogen and oxygen atoms in total. The summed E-state index contributed by atoms with van der Waals surface area (Å²) >= 11 is 1.51. The first-order chi connectivity index (χ1) is 10.7. The summed E-state index contributed by atoms with van der Waals surface area (Å²) in [7, 11) is 0. The molecule has 22 heavy (non-hydrogen) atoms. The summed E-state index contributed by atoms with van der Waals surface area (Å²) in [5.74, 6) is -0.286. The van der Waals surface area contributed by atoms with Crippen molar-refractivity contribution in [3.05, 3.63) is 46.7 Å². The minimum atomic E-state index is -0.324. The smallest absolute Gasteiger partial charge is 0.269 e. The molecule has 112 valence electrons. The Bertz CT molecular complexity index is 835. The summed E-state index contributed by atoms with van der Waals surface area (Å²) in [4.78, 5) is 12.8. The average molecular weight is 313 g/mol. The summed E-state index contributed by atoms with van der Waals surface area (Å²) in [5, 5.41) is 20.7. The number of azo groups is 1. The van der Waals surface area contributed by atoms with Crippen molar-refractivity contribution in [2.75, 3.05) is 0 Å². The zero-order chi connectivity index (χ0) is 15.5. The lowest BCUT2D eigenvalue weighted by atomic mass is 10.2. The van der Waals surface area contributed by atoms with Crippen LogP contribution >= 0.6 is 11.3 Å². The van der Waals surface area contributed by atoms with E-state index in [0.29, 0.717) is 12.2 Å². The van der Waals surface area contributed by atoms with Gasteiger partial charge in [-0.2, -0.15) is 0 Å². The van der Waals surface area contributed by atoms with Gasteiger partial charge >= 0.3 is 0 Å². The maximum Gasteiger partial charge on any atom is 0.269 e. The Morgan fingerprint density at radius 3 is 2.82 bits per heavy atom. The molecule has 0 radical (unpaired) electrons. The van der Waals surface area contributed by atoms with E-state index < -0.39 is 0 Å². The molecular weight excluding hydrogens is 298 g/mol. The fourth-order valence-corrected chi connectivity index (χ4v) is 3.09. The predicted molar refractivity (Wildman–Crippen MR) is 86.8 cm³/mol. The lowest BCUT2D eigenvalue weighted by Gasteiger charge is -2.00. The van der Waals surface area contributed by atoms with E-state index in [1.54, 1.807) is 4.57 Å². The fraction of sp³-hybridized carbons (Fsp3) is 0.188. The zero-order valence-electron chi connectivity index (χ0n) is 12.1. The van der Waals surface area contributed by atoms with Gasteiger partial charge in [0.05, 0.1) is 11.9 Å². The monoisotopic (exact) mass is 313 g/mol. The Morgan fingerprint density at radius 1 is 1.27 bits per heavy atom. The van der Waals surface area contributed by atoms with Crippen LogP contribution in [0.3, 0.4) is 0 Å². The highest BCUT2D eigenvalue weighted by atomic mass is 32.1. The maximum absolute atomic E-state index is 11.9. The first-order valence-corrected chi connectivity index (χ1v) is 7.85. The van der Waals surface area contributed by atoms with E-state index in [0.717, 1.165) is 15.8 Å². The number of benzene rings is 1. The van der Waals surface area contributed by atoms with Gasteiger partial charge in [-0.15, -0.1) is 21.6 Å². The van der Waals surface area contributed by atoms with Crippen molar-refractivity contribution in [1.82, 2.24) is 4.57 Å². The van der Waals surface area contributed by atoms with Gasteiger partial charge in [-0.3, -0.25) is 4.79 Å². The molecule has 2 heterocycles. The van der Waals surface area contributed by atoms with Gasteiger partial charge in [0.2, 0.25) is 5.88 Å². The number of aromatic hydroxyl groups is 1. The molecule has 1 amide bonds. The van der Waals surface area contributed by atoms with E-state index in [1.165, 1.54) is 11.3 Å². The van der Waals surface area contributed by atoms with Crippen LogP contribution < -0.4 is 0 Å². The molecule has 6 heteroatoms. The molecular formula is C16H15N3O2S. The average Bonchev–Trinajstić information content (AvgIpc) is 3.11. The van der Waals surface area contributed by atoms with E-state index in [2.05, 4.69) is 10.2 Å². The number of nitrogens with zero attached hydrogens (tertiary/aromatic N) is 3. The summed E-state index contributed by atoms with van der Waals surface area (Å²) in [6, 6.07) is 11.3. The summed E-state index contributed by atoms with van der Waals surface area (Å²) < 4.78 is 1.74. The number of thiophene rings is 1. The Balaban J connectivity index is 1.92. The van der Waals surface area contributed by atoms with Crippen LogP contribution in [0.2, 0.25) is 0 Å². The van der Waals surface area contributed by atoms with E-state index in [-0.39, 0.29) is 18.2 Å². The highest BCUT2D eigenvalue weighted by Gasteiger charge is 2.15. The van der Waals surface area contributed by atoms with Crippen molar-refractivity contribution in [3.8, 4) is 5.88 Å². The quantitative estimate of drug-likeness (QED) is 0.730. The molecule has 0 spiro atoms. The Hall–Kier alpha value is -2.47. The fourth-order valence-electron chi connectivity index (χ4n) is 2.39. The van der Waals surface area contributed by atoms with Crippen LogP contribution in [0.5, 0.6) is 5.88 Å². The van der Waals surface area contributed by atoms with Gasteiger partial charge in [-0.05, 0) is 24.4 Å². The van der Waals surface area contributed by atoms with E-state index in [4.69, 9.17) is 0 Å². The third-order valence-electron chi connectivity index (χ3n) is 3.40. The molecule has 1 N–H and O–H groups in total. The Morgan fingerprint density at radius 2 is 2.09 bits per heavy atom. The van der Waals surface area contributed by atoms with Crippen LogP contribution in [0, 0.1) is 0 Å². The van der Waals surface area contributed by atoms with Gasteiger partial charge in [-0.25, -0.2) is 0 Å². The number of hydrogen-bond acceptors (Lipinski definition) is 4. The van der Waals surface area contributed by atoms with Crippen molar-refractivity contribution in [2.45, 2.75) is 19.9 Å². The minimum absolute atomic E-state index is 0.0383. The number of carbonyl (C=O) groups excluding carboxylic acids is 1. The van der Waals surface area contributed by atoms with Gasteiger partial charge in [0, 0.05) is 16.8 Å². The number of rotatable bonds is 4. The van der Waals surface area contributed by atoms with Crippen LogP contribution in [0.1, 0.15) is 11.8 Å². The van der Waals surface area contributed by atoms with Crippen molar-refractivity contribution in [1.29, 1.82) is 0 Å². The summed E-state index contributed by atoms with van der Waals surface area (Å²) in [6.07, 6.45) is 0.231. The Labute approximate surface area is 131 Å². The van der Waals surface area contributed by atoms with Gasteiger partial charge in [0.1, 0.15) is 0 Å². The van der Waals surface area contributed by atoms with E-state index in [9.17, 15) is 9.90 Å². The summed E-state index contributed by atoms with van der Waals surface area (Å²) in [5.41, 5.74) is 1.22. The highest BCUT2D eigenvalue weighted by molar-refractivity contribution is 7.10. The molecule has 0 saturated heterocycles. The van der Waals surface area contributed by atoms with Crippen LogP contribution in [-0.2, 0) is 17.8 Å². The SMILES string of the molecule is CCn1c(O)c(N=NC(=O)Cc2cccs2)c2ccccc21. The number of para-hydroxylation sites is 1. The standard InChI is InChI=1S/C16H15N3O2S/c1-2-19-13-8-4-3-7-12(13)15(16(19)21)18-17-14(20)10-11-6-5-9-22-11/h3-9,21H,2,10H2,1H3. The second kappa shape index (κ2) is 6.11. The van der Waals surface area contributed by atoms with Crippen molar-refractivity contribution < 1.29 is 9.90 Å². The second-order valence-corrected chi connectivity index (χ2v) is 5.82. The molecule has 2 aromatic heterocycles. The first kappa shape index (κ1) is 14.5. The van der Waals surface area contributed by atoms with Gasteiger partial charge in [-0.1, -0.05) is 24.3 Å². The lowest BCUT2D eigenvalue weighted by Crippen LogP contribution is -1.95. The second-order valence-electron chi connectivity index (χ2n) is 4.78. The van der Waals surface area contributed by atoms with Crippen LogP contribution in [0.15, 0.2) is 52.0 Å². The molecule has 0 aliphatic rings. The molecule has 0 aliphatic heterocycles. The number of aromatic nitrogens is 1. The largest absolute Gasteiger partial charge is 0.493 e.